The van der Waals surface area contributed by atoms with Crippen molar-refractivity contribution < 1.29 is 0 Å². The fourth-order valence-corrected chi connectivity index (χ4v) is 2.45. The van der Waals surface area contributed by atoms with E-state index in [0.717, 1.165) is 33.8 Å². The first kappa shape index (κ1) is 12.8. The monoisotopic (exact) mass is 260 g/mol. The van der Waals surface area contributed by atoms with E-state index < -0.39 is 0 Å². The summed E-state index contributed by atoms with van der Waals surface area (Å²) in [4.78, 5) is 13.3. The Hall–Kier alpha value is -1.62. The van der Waals surface area contributed by atoms with Crippen molar-refractivity contribution in [1.82, 2.24) is 15.0 Å². The normalized spacial score (nSPS) is 10.4. The van der Waals surface area contributed by atoms with E-state index in [1.807, 2.05) is 45.2 Å². The van der Waals surface area contributed by atoms with Gasteiger partial charge in [0.05, 0.1) is 5.69 Å². The molecular formula is C13H16N4S. The van der Waals surface area contributed by atoms with Gasteiger partial charge >= 0.3 is 0 Å². The largest absolute Gasteiger partial charge is 0.373 e. The first-order chi connectivity index (χ1) is 8.67. The Labute approximate surface area is 111 Å². The van der Waals surface area contributed by atoms with Gasteiger partial charge in [0.15, 0.2) is 5.16 Å². The lowest BCUT2D eigenvalue weighted by atomic mass is 10.4. The van der Waals surface area contributed by atoms with Crippen LogP contribution < -0.4 is 5.32 Å². The molecule has 0 amide bonds. The van der Waals surface area contributed by atoms with Crippen molar-refractivity contribution in [3.8, 4) is 0 Å². The number of nitrogens with zero attached hydrogens (tertiary/aromatic N) is 3. The summed E-state index contributed by atoms with van der Waals surface area (Å²) in [6.45, 7) is 3.97. The zero-order valence-corrected chi connectivity index (χ0v) is 11.6. The smallest absolute Gasteiger partial charge is 0.188 e. The molecule has 0 radical (unpaired) electrons. The van der Waals surface area contributed by atoms with E-state index in [1.165, 1.54) is 0 Å². The van der Waals surface area contributed by atoms with E-state index in [0.29, 0.717) is 0 Å². The van der Waals surface area contributed by atoms with Crippen molar-refractivity contribution >= 4 is 17.6 Å². The van der Waals surface area contributed by atoms with E-state index >= 15 is 0 Å². The molecule has 18 heavy (non-hydrogen) atoms. The van der Waals surface area contributed by atoms with Crippen LogP contribution in [0.15, 0.2) is 29.4 Å². The van der Waals surface area contributed by atoms with Crippen molar-refractivity contribution in [3.05, 3.63) is 41.3 Å². The molecule has 2 heterocycles. The summed E-state index contributed by atoms with van der Waals surface area (Å²) < 4.78 is 0. The number of hydrogen-bond donors (Lipinski definition) is 1. The lowest BCUT2D eigenvalue weighted by molar-refractivity contribution is 0.901. The lowest BCUT2D eigenvalue weighted by Gasteiger charge is -2.04. The predicted octanol–water partition coefficient (Wildman–Crippen LogP) is 2.82. The van der Waals surface area contributed by atoms with Crippen LogP contribution in [0.2, 0.25) is 0 Å². The van der Waals surface area contributed by atoms with E-state index in [1.54, 1.807) is 11.8 Å². The second-order valence-corrected chi connectivity index (χ2v) is 4.93. The van der Waals surface area contributed by atoms with Gasteiger partial charge in [0.2, 0.25) is 0 Å². The number of aryl methyl sites for hydroxylation is 2. The summed E-state index contributed by atoms with van der Waals surface area (Å²) in [6.07, 6.45) is 0. The van der Waals surface area contributed by atoms with Crippen LogP contribution >= 0.6 is 11.8 Å². The van der Waals surface area contributed by atoms with E-state index in [-0.39, 0.29) is 0 Å². The highest BCUT2D eigenvalue weighted by Gasteiger charge is 2.03. The third kappa shape index (κ3) is 3.43. The number of aromatic nitrogens is 3. The molecule has 0 unspecified atom stereocenters. The third-order valence-electron chi connectivity index (χ3n) is 2.37. The molecule has 5 heteroatoms. The molecule has 94 valence electrons. The maximum atomic E-state index is 4.46. The number of thioether (sulfide) groups is 1. The molecule has 0 aromatic carbocycles. The standard InChI is InChI=1S/C13H16N4S/c1-9-7-10(2)16-13(15-9)18-8-11-5-4-6-12(14-3)17-11/h4-7H,8H2,1-3H3,(H,14,17). The minimum Gasteiger partial charge on any atom is -0.373 e. The molecule has 0 spiro atoms. The fraction of sp³-hybridized carbons (Fsp3) is 0.308. The Morgan fingerprint density at radius 3 is 2.50 bits per heavy atom. The van der Waals surface area contributed by atoms with Crippen molar-refractivity contribution in [2.45, 2.75) is 24.8 Å². The van der Waals surface area contributed by atoms with Crippen molar-refractivity contribution in [2.75, 3.05) is 12.4 Å². The van der Waals surface area contributed by atoms with Gasteiger partial charge in [-0.05, 0) is 32.0 Å². The minimum absolute atomic E-state index is 0.776. The fourth-order valence-electron chi connectivity index (χ4n) is 1.60. The predicted molar refractivity (Wildman–Crippen MR) is 74.9 cm³/mol. The molecule has 0 aliphatic rings. The first-order valence-corrected chi connectivity index (χ1v) is 6.74. The van der Waals surface area contributed by atoms with Crippen molar-refractivity contribution in [1.29, 1.82) is 0 Å². The van der Waals surface area contributed by atoms with Crippen LogP contribution in [-0.2, 0) is 5.75 Å². The number of nitrogens with one attached hydrogen (secondary N) is 1. The average molecular weight is 260 g/mol. The Morgan fingerprint density at radius 1 is 1.11 bits per heavy atom. The van der Waals surface area contributed by atoms with Gasteiger partial charge in [-0.1, -0.05) is 17.8 Å². The maximum absolute atomic E-state index is 4.46. The minimum atomic E-state index is 0.776. The van der Waals surface area contributed by atoms with Crippen LogP contribution in [0.3, 0.4) is 0 Å². The molecule has 2 aromatic rings. The van der Waals surface area contributed by atoms with Crippen LogP contribution in [0, 0.1) is 13.8 Å². The van der Waals surface area contributed by atoms with Gasteiger partial charge < -0.3 is 5.32 Å². The molecule has 2 aromatic heterocycles. The number of anilines is 1. The number of pyridine rings is 1. The highest BCUT2D eigenvalue weighted by Crippen LogP contribution is 2.19. The summed E-state index contributed by atoms with van der Waals surface area (Å²) in [7, 11) is 1.87. The topological polar surface area (TPSA) is 50.7 Å². The van der Waals surface area contributed by atoms with Crippen molar-refractivity contribution in [2.24, 2.45) is 0 Å². The summed E-state index contributed by atoms with van der Waals surface area (Å²) in [6, 6.07) is 7.93. The zero-order valence-electron chi connectivity index (χ0n) is 10.8. The van der Waals surface area contributed by atoms with Crippen LogP contribution in [0.1, 0.15) is 17.1 Å². The third-order valence-corrected chi connectivity index (χ3v) is 3.25. The Bertz CT molecular complexity index is 522. The SMILES string of the molecule is CNc1cccc(CSc2nc(C)cc(C)n2)n1. The van der Waals surface area contributed by atoms with E-state index in [4.69, 9.17) is 0 Å². The van der Waals surface area contributed by atoms with Gasteiger partial charge in [-0.15, -0.1) is 0 Å². The molecule has 0 fully saturated rings. The highest BCUT2D eigenvalue weighted by molar-refractivity contribution is 7.98. The molecule has 1 N–H and O–H groups in total. The Kier molecular flexibility index (Phi) is 4.15. The second kappa shape index (κ2) is 5.82. The van der Waals surface area contributed by atoms with Crippen LogP contribution in [0.5, 0.6) is 0 Å². The number of hydrogen-bond acceptors (Lipinski definition) is 5. The molecular weight excluding hydrogens is 244 g/mol. The zero-order chi connectivity index (χ0) is 13.0. The molecule has 0 bridgehead atoms. The van der Waals surface area contributed by atoms with Crippen LogP contribution in [-0.4, -0.2) is 22.0 Å². The lowest BCUT2D eigenvalue weighted by Crippen LogP contribution is -1.96. The Balaban J connectivity index is 2.06. The van der Waals surface area contributed by atoms with E-state index in [2.05, 4.69) is 20.3 Å². The van der Waals surface area contributed by atoms with Gasteiger partial charge in [-0.25, -0.2) is 15.0 Å². The van der Waals surface area contributed by atoms with Crippen LogP contribution in [0.4, 0.5) is 5.82 Å². The van der Waals surface area contributed by atoms with Gasteiger partial charge in [-0.3, -0.25) is 0 Å². The molecule has 2 rings (SSSR count). The molecule has 4 nitrogen and oxygen atoms in total. The maximum Gasteiger partial charge on any atom is 0.188 e. The molecule has 0 aliphatic carbocycles. The molecule has 0 saturated heterocycles. The van der Waals surface area contributed by atoms with Crippen molar-refractivity contribution in [3.63, 3.8) is 0 Å². The summed E-state index contributed by atoms with van der Waals surface area (Å²) in [5, 5.41) is 3.84. The van der Waals surface area contributed by atoms with Gasteiger partial charge in [0.1, 0.15) is 5.82 Å². The summed E-state index contributed by atoms with van der Waals surface area (Å²) in [5.74, 6) is 1.66. The molecule has 0 saturated carbocycles. The quantitative estimate of drug-likeness (QED) is 0.676. The summed E-state index contributed by atoms with van der Waals surface area (Å²) in [5.41, 5.74) is 3.03. The highest BCUT2D eigenvalue weighted by atomic mass is 32.2. The Morgan fingerprint density at radius 2 is 1.83 bits per heavy atom. The second-order valence-electron chi connectivity index (χ2n) is 3.99. The number of rotatable bonds is 4. The van der Waals surface area contributed by atoms with Gasteiger partial charge in [0, 0.05) is 24.2 Å². The van der Waals surface area contributed by atoms with Crippen LogP contribution in [0.25, 0.3) is 0 Å². The molecule has 0 aliphatic heterocycles. The van der Waals surface area contributed by atoms with Gasteiger partial charge in [-0.2, -0.15) is 0 Å². The molecule has 0 atom stereocenters. The van der Waals surface area contributed by atoms with Gasteiger partial charge in [0.25, 0.3) is 0 Å². The van der Waals surface area contributed by atoms with E-state index in [9.17, 15) is 0 Å². The summed E-state index contributed by atoms with van der Waals surface area (Å²) >= 11 is 1.61. The average Bonchev–Trinajstić information content (AvgIpc) is 2.35. The first-order valence-electron chi connectivity index (χ1n) is 5.76.